The van der Waals surface area contributed by atoms with Gasteiger partial charge in [0.15, 0.2) is 5.76 Å². The van der Waals surface area contributed by atoms with E-state index in [0.29, 0.717) is 23.1 Å². The smallest absolute Gasteiger partial charge is 0.287 e. The minimum absolute atomic E-state index is 0.0357. The molecule has 0 spiro atoms. The van der Waals surface area contributed by atoms with Crippen LogP contribution in [-0.2, 0) is 13.0 Å². The number of hydrogen-bond acceptors (Lipinski definition) is 3. The van der Waals surface area contributed by atoms with Crippen molar-refractivity contribution in [2.24, 2.45) is 0 Å². The van der Waals surface area contributed by atoms with Crippen LogP contribution in [0.1, 0.15) is 28.4 Å². The minimum Gasteiger partial charge on any atom is -0.451 e. The molecule has 0 aliphatic carbocycles. The highest BCUT2D eigenvalue weighted by Crippen LogP contribution is 2.26. The summed E-state index contributed by atoms with van der Waals surface area (Å²) in [7, 11) is 0. The van der Waals surface area contributed by atoms with Crippen molar-refractivity contribution < 1.29 is 13.6 Å². The van der Waals surface area contributed by atoms with E-state index < -0.39 is 0 Å². The molecule has 4 rings (SSSR count). The lowest BCUT2D eigenvalue weighted by Crippen LogP contribution is -2.40. The Labute approximate surface area is 132 Å². The van der Waals surface area contributed by atoms with Crippen LogP contribution < -0.4 is 5.32 Å². The Morgan fingerprint density at radius 1 is 1.48 bits per heavy atom. The summed E-state index contributed by atoms with van der Waals surface area (Å²) >= 11 is 0. The van der Waals surface area contributed by atoms with Gasteiger partial charge < -0.3 is 14.3 Å². The van der Waals surface area contributed by atoms with E-state index in [-0.39, 0.29) is 23.5 Å². The molecule has 2 aromatic heterocycles. The van der Waals surface area contributed by atoms with Crippen molar-refractivity contribution >= 4 is 16.9 Å². The molecule has 1 aromatic carbocycles. The van der Waals surface area contributed by atoms with Gasteiger partial charge in [0.05, 0.1) is 0 Å². The number of furan rings is 1. The topological polar surface area (TPSA) is 60.1 Å². The van der Waals surface area contributed by atoms with Crippen molar-refractivity contribution in [1.29, 1.82) is 0 Å². The number of imidazole rings is 1. The predicted octanol–water partition coefficient (Wildman–Crippen LogP) is 2.82. The van der Waals surface area contributed by atoms with E-state index in [0.717, 1.165) is 18.7 Å². The van der Waals surface area contributed by atoms with Gasteiger partial charge in [0, 0.05) is 42.4 Å². The van der Waals surface area contributed by atoms with Crippen molar-refractivity contribution in [2.45, 2.75) is 32.4 Å². The van der Waals surface area contributed by atoms with Crippen LogP contribution in [-0.4, -0.2) is 21.5 Å². The van der Waals surface area contributed by atoms with Gasteiger partial charge in [0.2, 0.25) is 0 Å². The number of nitrogens with one attached hydrogen (secondary N) is 1. The molecule has 23 heavy (non-hydrogen) atoms. The van der Waals surface area contributed by atoms with Gasteiger partial charge in [-0.15, -0.1) is 0 Å². The van der Waals surface area contributed by atoms with Crippen LogP contribution in [0.25, 0.3) is 11.0 Å². The highest BCUT2D eigenvalue weighted by Gasteiger charge is 2.24. The lowest BCUT2D eigenvalue weighted by Gasteiger charge is -2.24. The number of fused-ring (bicyclic) bond motifs is 2. The van der Waals surface area contributed by atoms with Crippen LogP contribution in [0.15, 0.2) is 35.0 Å². The Morgan fingerprint density at radius 2 is 2.35 bits per heavy atom. The van der Waals surface area contributed by atoms with E-state index in [9.17, 15) is 9.18 Å². The second-order valence-corrected chi connectivity index (χ2v) is 5.90. The zero-order valence-corrected chi connectivity index (χ0v) is 12.7. The van der Waals surface area contributed by atoms with Crippen LogP contribution in [0.4, 0.5) is 4.39 Å². The molecule has 118 valence electrons. The molecule has 0 fully saturated rings. The van der Waals surface area contributed by atoms with Crippen molar-refractivity contribution in [1.82, 2.24) is 14.9 Å². The summed E-state index contributed by atoms with van der Waals surface area (Å²) in [5, 5.41) is 3.64. The highest BCUT2D eigenvalue weighted by atomic mass is 19.1. The Kier molecular flexibility index (Phi) is 3.18. The quantitative estimate of drug-likeness (QED) is 0.791. The molecule has 1 amide bonds. The molecule has 1 N–H and O–H groups in total. The maximum atomic E-state index is 13.4. The lowest BCUT2D eigenvalue weighted by atomic mass is 10.1. The summed E-state index contributed by atoms with van der Waals surface area (Å²) in [6, 6.07) is 4.30. The molecule has 1 aliphatic rings. The molecule has 5 nitrogen and oxygen atoms in total. The lowest BCUT2D eigenvalue weighted by molar-refractivity contribution is 0.0900. The molecule has 0 bridgehead atoms. The van der Waals surface area contributed by atoms with E-state index >= 15 is 0 Å². The average molecular weight is 313 g/mol. The van der Waals surface area contributed by atoms with Gasteiger partial charge in [-0.25, -0.2) is 9.37 Å². The molecule has 6 heteroatoms. The third kappa shape index (κ3) is 2.40. The number of aromatic nitrogens is 2. The van der Waals surface area contributed by atoms with Gasteiger partial charge in [0.1, 0.15) is 17.2 Å². The molecule has 1 atom stereocenters. The van der Waals surface area contributed by atoms with Crippen LogP contribution in [0, 0.1) is 12.7 Å². The normalized spacial score (nSPS) is 17.2. The Hall–Kier alpha value is -2.63. The summed E-state index contributed by atoms with van der Waals surface area (Å²) in [6.45, 7) is 2.48. The Balaban J connectivity index is 1.57. The van der Waals surface area contributed by atoms with E-state index in [1.54, 1.807) is 19.2 Å². The van der Waals surface area contributed by atoms with E-state index in [1.165, 1.54) is 12.1 Å². The molecular formula is C17H16FN3O2. The molecule has 1 unspecified atom stereocenters. The number of carbonyl (C=O) groups excluding carboxylic acids is 1. The van der Waals surface area contributed by atoms with Crippen molar-refractivity contribution in [3.05, 3.63) is 53.6 Å². The van der Waals surface area contributed by atoms with Crippen molar-refractivity contribution in [3.8, 4) is 0 Å². The zero-order chi connectivity index (χ0) is 16.0. The number of hydrogen-bond donors (Lipinski definition) is 1. The number of aryl methyl sites for hydroxylation is 2. The summed E-state index contributed by atoms with van der Waals surface area (Å²) in [5.41, 5.74) is 1.19. The number of rotatable bonds is 2. The van der Waals surface area contributed by atoms with E-state index in [4.69, 9.17) is 4.42 Å². The highest BCUT2D eigenvalue weighted by molar-refractivity contribution is 5.99. The van der Waals surface area contributed by atoms with Gasteiger partial charge in [-0.1, -0.05) is 0 Å². The Morgan fingerprint density at radius 3 is 3.22 bits per heavy atom. The van der Waals surface area contributed by atoms with E-state index in [2.05, 4.69) is 14.9 Å². The van der Waals surface area contributed by atoms with Crippen molar-refractivity contribution in [3.63, 3.8) is 0 Å². The summed E-state index contributed by atoms with van der Waals surface area (Å²) in [4.78, 5) is 16.8. The SMILES string of the molecule is Cc1c(C(=O)NC2CCc3nccn3C2)oc2ccc(F)cc12. The zero-order valence-electron chi connectivity index (χ0n) is 12.7. The van der Waals surface area contributed by atoms with Gasteiger partial charge in [-0.05, 0) is 31.5 Å². The Bertz CT molecular complexity index is 897. The second kappa shape index (κ2) is 5.22. The van der Waals surface area contributed by atoms with Gasteiger partial charge in [0.25, 0.3) is 5.91 Å². The summed E-state index contributed by atoms with van der Waals surface area (Å²) < 4.78 is 21.0. The van der Waals surface area contributed by atoms with Crippen LogP contribution in [0.2, 0.25) is 0 Å². The van der Waals surface area contributed by atoms with E-state index in [1.807, 2.05) is 6.20 Å². The first-order valence-corrected chi connectivity index (χ1v) is 7.61. The van der Waals surface area contributed by atoms with Crippen molar-refractivity contribution in [2.75, 3.05) is 0 Å². The maximum Gasteiger partial charge on any atom is 0.287 e. The number of amides is 1. The van der Waals surface area contributed by atoms with Crippen LogP contribution >= 0.6 is 0 Å². The third-order valence-corrected chi connectivity index (χ3v) is 4.37. The average Bonchev–Trinajstić information content (AvgIpc) is 3.12. The fraction of sp³-hybridized carbons (Fsp3) is 0.294. The molecule has 0 saturated heterocycles. The summed E-state index contributed by atoms with van der Waals surface area (Å²) in [5.74, 6) is 0.703. The standard InChI is InChI=1S/C17H16FN3O2/c1-10-13-8-11(18)2-4-14(13)23-16(10)17(22)20-12-3-5-15-19-6-7-21(15)9-12/h2,4,6-8,12H,3,5,9H2,1H3,(H,20,22). The van der Waals surface area contributed by atoms with Gasteiger partial charge in [-0.2, -0.15) is 0 Å². The van der Waals surface area contributed by atoms with Crippen LogP contribution in [0.3, 0.4) is 0 Å². The first kappa shape index (κ1) is 14.0. The molecule has 1 aliphatic heterocycles. The van der Waals surface area contributed by atoms with Crippen LogP contribution in [0.5, 0.6) is 0 Å². The largest absolute Gasteiger partial charge is 0.451 e. The summed E-state index contributed by atoms with van der Waals surface area (Å²) in [6.07, 6.45) is 5.37. The molecule has 0 radical (unpaired) electrons. The number of halogens is 1. The molecule has 3 aromatic rings. The number of nitrogens with zero attached hydrogens (tertiary/aromatic N) is 2. The third-order valence-electron chi connectivity index (χ3n) is 4.37. The van der Waals surface area contributed by atoms with Gasteiger partial charge >= 0.3 is 0 Å². The number of benzene rings is 1. The molecule has 0 saturated carbocycles. The first-order valence-electron chi connectivity index (χ1n) is 7.61. The maximum absolute atomic E-state index is 13.4. The van der Waals surface area contributed by atoms with Gasteiger partial charge in [-0.3, -0.25) is 4.79 Å². The molecular weight excluding hydrogens is 297 g/mol. The fourth-order valence-corrected chi connectivity index (χ4v) is 3.14. The number of carbonyl (C=O) groups is 1. The molecule has 3 heterocycles. The minimum atomic E-state index is -0.340. The fourth-order valence-electron chi connectivity index (χ4n) is 3.14. The second-order valence-electron chi connectivity index (χ2n) is 5.90. The first-order chi connectivity index (χ1) is 11.1. The predicted molar refractivity (Wildman–Crippen MR) is 82.7 cm³/mol. The monoisotopic (exact) mass is 313 g/mol.